The molecule has 0 bridgehead atoms. The lowest BCUT2D eigenvalue weighted by molar-refractivity contribution is 0.0600. The van der Waals surface area contributed by atoms with Crippen LogP contribution in [0.1, 0.15) is 27.0 Å². The van der Waals surface area contributed by atoms with E-state index in [0.29, 0.717) is 12.1 Å². The van der Waals surface area contributed by atoms with Crippen LogP contribution in [0.15, 0.2) is 54.6 Å². The maximum atomic E-state index is 11.6. The van der Waals surface area contributed by atoms with Crippen LogP contribution < -0.4 is 5.32 Å². The Kier molecular flexibility index (Phi) is 6.77. The molecule has 0 saturated heterocycles. The van der Waals surface area contributed by atoms with Gasteiger partial charge in [-0.1, -0.05) is 48.6 Å². The summed E-state index contributed by atoms with van der Waals surface area (Å²) in [5.41, 5.74) is 3.34. The molecule has 0 atom stereocenters. The molecule has 2 aromatic carbocycles. The first-order valence-electron chi connectivity index (χ1n) is 7.90. The van der Waals surface area contributed by atoms with Crippen LogP contribution in [0.25, 0.3) is 6.08 Å². The zero-order chi connectivity index (χ0) is 18.1. The minimum Gasteiger partial charge on any atom is -0.465 e. The maximum absolute atomic E-state index is 11.6. The molecule has 0 aromatic heterocycles. The van der Waals surface area contributed by atoms with Gasteiger partial charge in [0, 0.05) is 6.54 Å². The molecule has 1 N–H and O–H groups in total. The van der Waals surface area contributed by atoms with Crippen LogP contribution in [0.2, 0.25) is 0 Å². The molecule has 0 heterocycles. The standard InChI is InChI=1S/C20H21NO4/c1-15-10-11-18(19(22)24-2)13-17(15)9-6-12-21-20(23)25-14-16-7-4-3-5-8-16/h3-11,13H,12,14H2,1-2H3,(H,21,23). The molecule has 5 heteroatoms. The van der Waals surface area contributed by atoms with Crippen LogP contribution in [0.3, 0.4) is 0 Å². The number of ether oxygens (including phenoxy) is 2. The molecular weight excluding hydrogens is 318 g/mol. The molecule has 1 amide bonds. The smallest absolute Gasteiger partial charge is 0.407 e. The van der Waals surface area contributed by atoms with Crippen LogP contribution in [-0.2, 0) is 16.1 Å². The number of esters is 1. The van der Waals surface area contributed by atoms with Crippen LogP contribution in [0.5, 0.6) is 0 Å². The fourth-order valence-corrected chi connectivity index (χ4v) is 2.17. The molecule has 0 unspecified atom stereocenters. The highest BCUT2D eigenvalue weighted by atomic mass is 16.5. The van der Waals surface area contributed by atoms with Crippen molar-refractivity contribution in [2.45, 2.75) is 13.5 Å². The Balaban J connectivity index is 1.82. The van der Waals surface area contributed by atoms with Crippen LogP contribution in [0.4, 0.5) is 4.79 Å². The van der Waals surface area contributed by atoms with E-state index >= 15 is 0 Å². The van der Waals surface area contributed by atoms with Crippen molar-refractivity contribution in [3.05, 3.63) is 76.9 Å². The van der Waals surface area contributed by atoms with E-state index in [-0.39, 0.29) is 12.6 Å². The third-order valence-electron chi connectivity index (χ3n) is 3.57. The number of hydrogen-bond acceptors (Lipinski definition) is 4. The van der Waals surface area contributed by atoms with E-state index in [0.717, 1.165) is 16.7 Å². The highest BCUT2D eigenvalue weighted by molar-refractivity contribution is 5.90. The molecule has 0 spiro atoms. The molecule has 0 saturated carbocycles. The SMILES string of the molecule is COC(=O)c1ccc(C)c(C=CCNC(=O)OCc2ccccc2)c1. The summed E-state index contributed by atoms with van der Waals surface area (Å²) in [5, 5.41) is 2.65. The number of hydrogen-bond donors (Lipinski definition) is 1. The fraction of sp³-hybridized carbons (Fsp3) is 0.200. The summed E-state index contributed by atoms with van der Waals surface area (Å²) in [6.45, 7) is 2.51. The molecule has 5 nitrogen and oxygen atoms in total. The summed E-state index contributed by atoms with van der Waals surface area (Å²) in [6.07, 6.45) is 3.17. The van der Waals surface area contributed by atoms with E-state index in [1.165, 1.54) is 7.11 Å². The third-order valence-corrected chi connectivity index (χ3v) is 3.57. The second-order valence-electron chi connectivity index (χ2n) is 5.41. The first-order chi connectivity index (χ1) is 12.1. The average Bonchev–Trinajstić information content (AvgIpc) is 2.65. The minimum atomic E-state index is -0.478. The van der Waals surface area contributed by atoms with Crippen molar-refractivity contribution in [2.24, 2.45) is 0 Å². The first kappa shape index (κ1) is 18.3. The fourth-order valence-electron chi connectivity index (χ4n) is 2.17. The lowest BCUT2D eigenvalue weighted by atomic mass is 10.0. The van der Waals surface area contributed by atoms with Gasteiger partial charge in [-0.05, 0) is 35.7 Å². The average molecular weight is 339 g/mol. The number of benzene rings is 2. The van der Waals surface area contributed by atoms with Crippen molar-refractivity contribution in [3.8, 4) is 0 Å². The summed E-state index contributed by atoms with van der Waals surface area (Å²) in [4.78, 5) is 23.2. The molecular formula is C20H21NO4. The number of alkyl carbamates (subject to hydrolysis) is 1. The quantitative estimate of drug-likeness (QED) is 0.815. The van der Waals surface area contributed by atoms with Crippen LogP contribution in [0, 0.1) is 6.92 Å². The number of amides is 1. The molecule has 2 rings (SSSR count). The number of nitrogens with one attached hydrogen (secondary N) is 1. The Labute approximate surface area is 147 Å². The van der Waals surface area contributed by atoms with Gasteiger partial charge in [-0.2, -0.15) is 0 Å². The topological polar surface area (TPSA) is 64.6 Å². The lowest BCUT2D eigenvalue weighted by Crippen LogP contribution is -2.24. The monoisotopic (exact) mass is 339 g/mol. The Hall–Kier alpha value is -3.08. The summed E-state index contributed by atoms with van der Waals surface area (Å²) < 4.78 is 9.84. The highest BCUT2D eigenvalue weighted by Gasteiger charge is 2.06. The number of rotatable bonds is 6. The van der Waals surface area contributed by atoms with Gasteiger partial charge in [-0.15, -0.1) is 0 Å². The molecule has 130 valence electrons. The van der Waals surface area contributed by atoms with Gasteiger partial charge in [0.2, 0.25) is 0 Å². The van der Waals surface area contributed by atoms with Crippen molar-refractivity contribution < 1.29 is 19.1 Å². The minimum absolute atomic E-state index is 0.233. The summed E-state index contributed by atoms with van der Waals surface area (Å²) >= 11 is 0. The van der Waals surface area contributed by atoms with Crippen molar-refractivity contribution in [3.63, 3.8) is 0 Å². The van der Waals surface area contributed by atoms with Gasteiger partial charge < -0.3 is 14.8 Å². The number of methoxy groups -OCH3 is 1. The number of aryl methyl sites for hydroxylation is 1. The molecule has 0 aliphatic rings. The predicted molar refractivity (Wildman–Crippen MR) is 96.2 cm³/mol. The number of carbonyl (C=O) groups is 2. The molecule has 0 radical (unpaired) electrons. The molecule has 0 aliphatic carbocycles. The zero-order valence-electron chi connectivity index (χ0n) is 14.3. The van der Waals surface area contributed by atoms with Gasteiger partial charge in [0.25, 0.3) is 0 Å². The summed E-state index contributed by atoms with van der Waals surface area (Å²) in [6, 6.07) is 14.8. The third kappa shape index (κ3) is 5.80. The Morgan fingerprint density at radius 2 is 1.88 bits per heavy atom. The van der Waals surface area contributed by atoms with Gasteiger partial charge >= 0.3 is 12.1 Å². The second kappa shape index (κ2) is 9.27. The van der Waals surface area contributed by atoms with Gasteiger partial charge in [0.05, 0.1) is 12.7 Å². The highest BCUT2D eigenvalue weighted by Crippen LogP contribution is 2.13. The molecule has 2 aromatic rings. The Morgan fingerprint density at radius 1 is 1.12 bits per heavy atom. The van der Waals surface area contributed by atoms with Crippen molar-refractivity contribution in [1.29, 1.82) is 0 Å². The lowest BCUT2D eigenvalue weighted by Gasteiger charge is -2.06. The van der Waals surface area contributed by atoms with E-state index < -0.39 is 6.09 Å². The van der Waals surface area contributed by atoms with E-state index in [1.54, 1.807) is 18.2 Å². The number of carbonyl (C=O) groups excluding carboxylic acids is 2. The van der Waals surface area contributed by atoms with E-state index in [1.807, 2.05) is 49.4 Å². The zero-order valence-corrected chi connectivity index (χ0v) is 14.3. The van der Waals surface area contributed by atoms with Crippen LogP contribution >= 0.6 is 0 Å². The van der Waals surface area contributed by atoms with Crippen molar-refractivity contribution in [1.82, 2.24) is 5.32 Å². The van der Waals surface area contributed by atoms with E-state index in [4.69, 9.17) is 9.47 Å². The Morgan fingerprint density at radius 3 is 2.60 bits per heavy atom. The predicted octanol–water partition coefficient (Wildman–Crippen LogP) is 3.72. The maximum Gasteiger partial charge on any atom is 0.407 e. The first-order valence-corrected chi connectivity index (χ1v) is 7.90. The molecule has 25 heavy (non-hydrogen) atoms. The van der Waals surface area contributed by atoms with Crippen molar-refractivity contribution in [2.75, 3.05) is 13.7 Å². The second-order valence-corrected chi connectivity index (χ2v) is 5.41. The summed E-state index contributed by atoms with van der Waals surface area (Å²) in [7, 11) is 1.35. The van der Waals surface area contributed by atoms with E-state index in [9.17, 15) is 9.59 Å². The van der Waals surface area contributed by atoms with Gasteiger partial charge in [-0.25, -0.2) is 9.59 Å². The molecule has 0 aliphatic heterocycles. The normalized spacial score (nSPS) is 10.5. The largest absolute Gasteiger partial charge is 0.465 e. The van der Waals surface area contributed by atoms with Crippen LogP contribution in [-0.4, -0.2) is 25.7 Å². The summed E-state index contributed by atoms with van der Waals surface area (Å²) in [5.74, 6) is -0.378. The Bertz CT molecular complexity index is 754. The van der Waals surface area contributed by atoms with Crippen molar-refractivity contribution >= 4 is 18.1 Å². The van der Waals surface area contributed by atoms with E-state index in [2.05, 4.69) is 5.32 Å². The van der Waals surface area contributed by atoms with Gasteiger partial charge in [0.15, 0.2) is 0 Å². The van der Waals surface area contributed by atoms with Gasteiger partial charge in [-0.3, -0.25) is 0 Å². The van der Waals surface area contributed by atoms with Gasteiger partial charge in [0.1, 0.15) is 6.61 Å². The molecule has 0 fully saturated rings.